The fourth-order valence-electron chi connectivity index (χ4n) is 3.61. The molecule has 2 aliphatic heterocycles. The summed E-state index contributed by atoms with van der Waals surface area (Å²) in [7, 11) is -4.23. The van der Waals surface area contributed by atoms with Gasteiger partial charge in [-0.3, -0.25) is 0 Å². The number of hydrogen-bond donors (Lipinski definition) is 2. The summed E-state index contributed by atoms with van der Waals surface area (Å²) >= 11 is 6.20. The van der Waals surface area contributed by atoms with E-state index in [2.05, 4.69) is 15.3 Å². The van der Waals surface area contributed by atoms with Crippen LogP contribution in [0.1, 0.15) is 12.0 Å². The molecule has 2 aromatic rings. The first-order valence-corrected chi connectivity index (χ1v) is 11.6. The maximum atomic E-state index is 13.9. The Morgan fingerprint density at radius 1 is 1.15 bits per heavy atom. The lowest BCUT2D eigenvalue weighted by molar-refractivity contribution is -0.137. The molecule has 0 aliphatic carbocycles. The Kier molecular flexibility index (Phi) is 6.07. The van der Waals surface area contributed by atoms with Gasteiger partial charge in [-0.05, 0) is 29.8 Å². The van der Waals surface area contributed by atoms with E-state index in [9.17, 15) is 30.4 Å². The van der Waals surface area contributed by atoms with Crippen LogP contribution in [0.15, 0.2) is 51.3 Å². The minimum atomic E-state index is -4.80. The van der Waals surface area contributed by atoms with E-state index in [-0.39, 0.29) is 51.6 Å². The number of guanidine groups is 1. The van der Waals surface area contributed by atoms with Crippen molar-refractivity contribution in [1.82, 2.24) is 4.31 Å². The zero-order chi connectivity index (χ0) is 24.9. The average Bonchev–Trinajstić information content (AvgIpc) is 3.32. The number of anilines is 1. The molecule has 34 heavy (non-hydrogen) atoms. The molecule has 0 bridgehead atoms. The lowest BCUT2D eigenvalue weighted by atomic mass is 9.98. The maximum absolute atomic E-state index is 13.9. The van der Waals surface area contributed by atoms with Gasteiger partial charge in [-0.2, -0.15) is 22.5 Å². The van der Waals surface area contributed by atoms with Gasteiger partial charge < -0.3 is 11.1 Å². The lowest BCUT2D eigenvalue weighted by Crippen LogP contribution is -2.31. The SMILES string of the molecule is NC1=NC(Nc2cc(Cl)c(-c3ccc(S(=O)(=O)N4CCC(F)(F)C4)cc3)c(C(F)(F)F)c2)=NC1. The quantitative estimate of drug-likeness (QED) is 0.589. The number of nitrogens with two attached hydrogens (primary N) is 1. The van der Waals surface area contributed by atoms with Crippen LogP contribution in [-0.4, -0.2) is 50.1 Å². The van der Waals surface area contributed by atoms with Crippen molar-refractivity contribution in [1.29, 1.82) is 0 Å². The van der Waals surface area contributed by atoms with Gasteiger partial charge in [0.2, 0.25) is 16.0 Å². The van der Waals surface area contributed by atoms with Crippen molar-refractivity contribution < 1.29 is 30.4 Å². The predicted molar refractivity (Wildman–Crippen MR) is 118 cm³/mol. The zero-order valence-corrected chi connectivity index (χ0v) is 18.8. The van der Waals surface area contributed by atoms with E-state index >= 15 is 0 Å². The van der Waals surface area contributed by atoms with Crippen molar-refractivity contribution >= 4 is 39.1 Å². The Morgan fingerprint density at radius 3 is 2.35 bits per heavy atom. The van der Waals surface area contributed by atoms with Crippen LogP contribution < -0.4 is 11.1 Å². The first kappa shape index (κ1) is 24.4. The maximum Gasteiger partial charge on any atom is 0.417 e. The molecule has 0 unspecified atom stereocenters. The van der Waals surface area contributed by atoms with Crippen LogP contribution in [0, 0.1) is 0 Å². The number of sulfonamides is 1. The molecule has 2 heterocycles. The number of halogens is 6. The Balaban J connectivity index is 1.68. The molecule has 182 valence electrons. The van der Waals surface area contributed by atoms with Gasteiger partial charge in [0.15, 0.2) is 0 Å². The van der Waals surface area contributed by atoms with E-state index in [4.69, 9.17) is 17.3 Å². The summed E-state index contributed by atoms with van der Waals surface area (Å²) < 4.78 is 94.5. The highest BCUT2D eigenvalue weighted by Crippen LogP contribution is 2.43. The van der Waals surface area contributed by atoms with Crippen LogP contribution >= 0.6 is 11.6 Å². The number of rotatable bonds is 4. The Hall–Kier alpha value is -2.77. The molecule has 2 aromatic carbocycles. The molecule has 0 amide bonds. The van der Waals surface area contributed by atoms with Gasteiger partial charge in [-0.15, -0.1) is 0 Å². The van der Waals surface area contributed by atoms with Gasteiger partial charge in [0.1, 0.15) is 12.4 Å². The molecule has 1 saturated heterocycles. The van der Waals surface area contributed by atoms with Gasteiger partial charge in [0.25, 0.3) is 5.92 Å². The topological polar surface area (TPSA) is 100 Å². The largest absolute Gasteiger partial charge is 0.417 e. The summed E-state index contributed by atoms with van der Waals surface area (Å²) in [6.07, 6.45) is -5.40. The Bertz CT molecular complexity index is 1290. The molecule has 0 aromatic heterocycles. The van der Waals surface area contributed by atoms with Gasteiger partial charge in [0.05, 0.1) is 22.0 Å². The van der Waals surface area contributed by atoms with Crippen molar-refractivity contribution in [3.63, 3.8) is 0 Å². The molecular weight excluding hydrogens is 505 g/mol. The van der Waals surface area contributed by atoms with Gasteiger partial charge in [0, 0.05) is 24.2 Å². The summed E-state index contributed by atoms with van der Waals surface area (Å²) in [5.74, 6) is -2.88. The second-order valence-corrected chi connectivity index (χ2v) is 10.1. The molecule has 14 heteroatoms. The van der Waals surface area contributed by atoms with Crippen molar-refractivity contribution in [3.8, 4) is 11.1 Å². The van der Waals surface area contributed by atoms with E-state index < -0.39 is 40.7 Å². The summed E-state index contributed by atoms with van der Waals surface area (Å²) in [6.45, 7) is -1.18. The number of aliphatic imine (C=N–C) groups is 2. The number of nitrogens with one attached hydrogen (secondary N) is 1. The standard InChI is InChI=1S/C20H17ClF5N5O2S/c21-15-8-12(29-18-28-9-16(27)30-18)7-14(20(24,25)26)17(15)11-1-3-13(4-2-11)34(32,33)31-6-5-19(22,23)10-31/h1-4,7-8H,5-6,9-10H2,(H3,27,28,29,30). The number of benzene rings is 2. The number of hydrogen-bond acceptors (Lipinski definition) is 6. The number of amidine groups is 1. The molecule has 3 N–H and O–H groups in total. The molecule has 0 saturated carbocycles. The van der Waals surface area contributed by atoms with Crippen LogP contribution in [0.4, 0.5) is 27.6 Å². The smallest absolute Gasteiger partial charge is 0.385 e. The van der Waals surface area contributed by atoms with Gasteiger partial charge in [-0.1, -0.05) is 23.7 Å². The van der Waals surface area contributed by atoms with Crippen LogP contribution in [0.3, 0.4) is 0 Å². The van der Waals surface area contributed by atoms with Gasteiger partial charge >= 0.3 is 6.18 Å². The molecule has 1 fully saturated rings. The molecule has 0 atom stereocenters. The Morgan fingerprint density at radius 2 is 1.82 bits per heavy atom. The van der Waals surface area contributed by atoms with Gasteiger partial charge in [-0.25, -0.2) is 22.2 Å². The van der Waals surface area contributed by atoms with E-state index in [1.807, 2.05) is 0 Å². The van der Waals surface area contributed by atoms with Crippen LogP contribution in [0.5, 0.6) is 0 Å². The van der Waals surface area contributed by atoms with E-state index in [1.54, 1.807) is 0 Å². The van der Waals surface area contributed by atoms with Crippen LogP contribution in [-0.2, 0) is 16.2 Å². The van der Waals surface area contributed by atoms with Crippen LogP contribution in [0.2, 0.25) is 5.02 Å². The number of nitrogens with zero attached hydrogens (tertiary/aromatic N) is 3. The number of alkyl halides is 5. The predicted octanol–water partition coefficient (Wildman–Crippen LogP) is 4.19. The molecule has 0 spiro atoms. The fourth-order valence-corrected chi connectivity index (χ4v) is 5.40. The third-order valence-corrected chi connectivity index (χ3v) is 7.36. The van der Waals surface area contributed by atoms with Crippen molar-refractivity contribution in [3.05, 3.63) is 47.0 Å². The highest BCUT2D eigenvalue weighted by Gasteiger charge is 2.43. The molecule has 0 radical (unpaired) electrons. The molecule has 2 aliphatic rings. The summed E-state index contributed by atoms with van der Waals surface area (Å²) in [5, 5.41) is 2.36. The highest BCUT2D eigenvalue weighted by molar-refractivity contribution is 7.89. The lowest BCUT2D eigenvalue weighted by Gasteiger charge is -2.18. The van der Waals surface area contributed by atoms with E-state index in [0.717, 1.165) is 30.3 Å². The molecule has 4 rings (SSSR count). The minimum absolute atomic E-state index is 0.00458. The van der Waals surface area contributed by atoms with E-state index in [1.165, 1.54) is 6.07 Å². The monoisotopic (exact) mass is 521 g/mol. The van der Waals surface area contributed by atoms with Crippen molar-refractivity contribution in [2.24, 2.45) is 15.7 Å². The zero-order valence-electron chi connectivity index (χ0n) is 17.2. The van der Waals surface area contributed by atoms with E-state index in [0.29, 0.717) is 4.31 Å². The molecular formula is C20H17ClF5N5O2S. The summed E-state index contributed by atoms with van der Waals surface area (Å²) in [5.41, 5.74) is 4.04. The second-order valence-electron chi connectivity index (χ2n) is 7.72. The second kappa shape index (κ2) is 8.47. The third-order valence-electron chi connectivity index (χ3n) is 5.21. The fraction of sp³-hybridized carbons (Fsp3) is 0.300. The summed E-state index contributed by atoms with van der Waals surface area (Å²) in [4.78, 5) is 7.48. The van der Waals surface area contributed by atoms with Crippen molar-refractivity contribution in [2.75, 3.05) is 25.0 Å². The summed E-state index contributed by atoms with van der Waals surface area (Å²) in [6, 6.07) is 6.50. The normalized spacial score (nSPS) is 18.6. The first-order valence-electron chi connectivity index (χ1n) is 9.80. The first-order chi connectivity index (χ1) is 15.8. The average molecular weight is 522 g/mol. The highest BCUT2D eigenvalue weighted by atomic mass is 35.5. The minimum Gasteiger partial charge on any atom is -0.385 e. The molecule has 7 nitrogen and oxygen atoms in total. The van der Waals surface area contributed by atoms with Crippen LogP contribution in [0.25, 0.3) is 11.1 Å². The Labute approximate surface area is 196 Å². The van der Waals surface area contributed by atoms with Crippen molar-refractivity contribution in [2.45, 2.75) is 23.4 Å². The third kappa shape index (κ3) is 4.86.